The van der Waals surface area contributed by atoms with Crippen molar-refractivity contribution in [2.24, 2.45) is 11.1 Å². The summed E-state index contributed by atoms with van der Waals surface area (Å²) in [6, 6.07) is 6.60. The van der Waals surface area contributed by atoms with Crippen LogP contribution in [0.1, 0.15) is 31.1 Å². The van der Waals surface area contributed by atoms with Crippen LogP contribution in [0.4, 0.5) is 0 Å². The molecule has 3 N–H and O–H groups in total. The zero-order valence-corrected chi connectivity index (χ0v) is 11.3. The number of aromatic hydroxyl groups is 1. The van der Waals surface area contributed by atoms with Crippen LogP contribution in [0.2, 0.25) is 0 Å². The van der Waals surface area contributed by atoms with Gasteiger partial charge in [0.2, 0.25) is 0 Å². The van der Waals surface area contributed by atoms with E-state index in [1.54, 1.807) is 23.1 Å². The first-order chi connectivity index (χ1) is 8.41. The van der Waals surface area contributed by atoms with Crippen molar-refractivity contribution in [1.29, 1.82) is 0 Å². The fourth-order valence-electron chi connectivity index (χ4n) is 1.73. The average molecular weight is 250 g/mol. The molecule has 0 saturated carbocycles. The highest BCUT2D eigenvalue weighted by molar-refractivity contribution is 5.96. The molecule has 0 aromatic heterocycles. The topological polar surface area (TPSA) is 66.6 Å². The van der Waals surface area contributed by atoms with Gasteiger partial charge >= 0.3 is 0 Å². The minimum Gasteiger partial charge on any atom is -0.507 e. The van der Waals surface area contributed by atoms with Crippen LogP contribution in [-0.2, 0) is 0 Å². The third kappa shape index (κ3) is 3.47. The lowest BCUT2D eigenvalue weighted by atomic mass is 9.93. The van der Waals surface area contributed by atoms with Gasteiger partial charge in [0.1, 0.15) is 5.75 Å². The maximum absolute atomic E-state index is 12.3. The fourth-order valence-corrected chi connectivity index (χ4v) is 1.73. The first-order valence-electron chi connectivity index (χ1n) is 6.18. The van der Waals surface area contributed by atoms with Crippen molar-refractivity contribution in [3.05, 3.63) is 29.8 Å². The largest absolute Gasteiger partial charge is 0.507 e. The minimum atomic E-state index is -0.155. The Kier molecular flexibility index (Phi) is 4.73. The van der Waals surface area contributed by atoms with Gasteiger partial charge in [0.15, 0.2) is 0 Å². The maximum atomic E-state index is 12.3. The number of carbonyl (C=O) groups is 1. The first kappa shape index (κ1) is 14.5. The van der Waals surface area contributed by atoms with Crippen LogP contribution in [-0.4, -0.2) is 35.5 Å². The molecule has 0 spiro atoms. The number of hydrogen-bond acceptors (Lipinski definition) is 3. The second-order valence-electron chi connectivity index (χ2n) is 5.20. The van der Waals surface area contributed by atoms with Crippen molar-refractivity contribution in [3.63, 3.8) is 0 Å². The van der Waals surface area contributed by atoms with Crippen LogP contribution < -0.4 is 5.73 Å². The number of benzene rings is 1. The Bertz CT molecular complexity index is 416. The quantitative estimate of drug-likeness (QED) is 0.838. The van der Waals surface area contributed by atoms with Gasteiger partial charge in [0.25, 0.3) is 5.91 Å². The summed E-state index contributed by atoms with van der Waals surface area (Å²) in [5.41, 5.74) is 5.90. The van der Waals surface area contributed by atoms with Crippen molar-refractivity contribution in [3.8, 4) is 5.75 Å². The molecule has 1 aromatic rings. The number of hydrogen-bond donors (Lipinski definition) is 2. The van der Waals surface area contributed by atoms with Gasteiger partial charge in [-0.2, -0.15) is 0 Å². The lowest BCUT2D eigenvalue weighted by molar-refractivity contribution is 0.0698. The molecule has 0 aliphatic rings. The summed E-state index contributed by atoms with van der Waals surface area (Å²) in [4.78, 5) is 14.0. The molecule has 4 nitrogen and oxygen atoms in total. The fraction of sp³-hybridized carbons (Fsp3) is 0.500. The van der Waals surface area contributed by atoms with Crippen molar-refractivity contribution in [2.75, 3.05) is 19.6 Å². The number of phenols is 1. The molecule has 0 fully saturated rings. The molecule has 0 unspecified atom stereocenters. The van der Waals surface area contributed by atoms with E-state index in [4.69, 9.17) is 5.73 Å². The Balaban J connectivity index is 2.90. The van der Waals surface area contributed by atoms with Crippen molar-refractivity contribution >= 4 is 5.91 Å². The van der Waals surface area contributed by atoms with Crippen LogP contribution in [0.15, 0.2) is 24.3 Å². The van der Waals surface area contributed by atoms with Crippen LogP contribution >= 0.6 is 0 Å². The van der Waals surface area contributed by atoms with E-state index in [-0.39, 0.29) is 17.1 Å². The highest BCUT2D eigenvalue weighted by atomic mass is 16.3. The molecule has 0 saturated heterocycles. The number of rotatable bonds is 5. The van der Waals surface area contributed by atoms with Gasteiger partial charge in [0.05, 0.1) is 5.56 Å². The molecule has 100 valence electrons. The Hall–Kier alpha value is -1.55. The highest BCUT2D eigenvalue weighted by Gasteiger charge is 2.24. The smallest absolute Gasteiger partial charge is 0.257 e. The molecular formula is C14H22N2O2. The van der Waals surface area contributed by atoms with Crippen molar-refractivity contribution < 1.29 is 9.90 Å². The number of para-hydroxylation sites is 1. The number of carbonyl (C=O) groups excluding carboxylic acids is 1. The van der Waals surface area contributed by atoms with E-state index in [0.717, 1.165) is 0 Å². The molecule has 1 rings (SSSR count). The molecule has 0 heterocycles. The van der Waals surface area contributed by atoms with Crippen LogP contribution in [0.3, 0.4) is 0 Å². The number of nitrogens with two attached hydrogens (primary N) is 1. The number of amides is 1. The van der Waals surface area contributed by atoms with Gasteiger partial charge in [0, 0.05) is 13.1 Å². The number of nitrogens with zero attached hydrogens (tertiary/aromatic N) is 1. The third-order valence-electron chi connectivity index (χ3n) is 2.97. The molecular weight excluding hydrogens is 228 g/mol. The normalized spacial score (nSPS) is 11.3. The Morgan fingerprint density at radius 3 is 2.50 bits per heavy atom. The zero-order valence-electron chi connectivity index (χ0n) is 11.3. The van der Waals surface area contributed by atoms with E-state index in [9.17, 15) is 9.90 Å². The Labute approximate surface area is 108 Å². The molecule has 0 radical (unpaired) electrons. The van der Waals surface area contributed by atoms with Gasteiger partial charge in [-0.05, 0) is 31.0 Å². The maximum Gasteiger partial charge on any atom is 0.257 e. The van der Waals surface area contributed by atoms with Crippen LogP contribution in [0, 0.1) is 5.41 Å². The SMILES string of the molecule is CCN(CC(C)(C)CN)C(=O)c1ccccc1O. The van der Waals surface area contributed by atoms with E-state index in [1.165, 1.54) is 6.07 Å². The summed E-state index contributed by atoms with van der Waals surface area (Å²) >= 11 is 0. The summed E-state index contributed by atoms with van der Waals surface area (Å²) in [5.74, 6) is -0.136. The van der Waals surface area contributed by atoms with Gasteiger partial charge in [-0.3, -0.25) is 4.79 Å². The van der Waals surface area contributed by atoms with Crippen LogP contribution in [0.25, 0.3) is 0 Å². The average Bonchev–Trinajstić information content (AvgIpc) is 2.36. The molecule has 0 bridgehead atoms. The van der Waals surface area contributed by atoms with E-state index < -0.39 is 0 Å². The predicted octanol–water partition coefficient (Wildman–Crippen LogP) is 1.84. The number of phenolic OH excluding ortho intramolecular Hbond substituents is 1. The van der Waals surface area contributed by atoms with Gasteiger partial charge < -0.3 is 15.7 Å². The first-order valence-corrected chi connectivity index (χ1v) is 6.18. The molecule has 1 amide bonds. The van der Waals surface area contributed by atoms with E-state index >= 15 is 0 Å². The lowest BCUT2D eigenvalue weighted by Crippen LogP contribution is -2.42. The second kappa shape index (κ2) is 5.87. The summed E-state index contributed by atoms with van der Waals surface area (Å²) in [5, 5.41) is 9.71. The van der Waals surface area contributed by atoms with E-state index in [0.29, 0.717) is 25.2 Å². The molecule has 0 aliphatic carbocycles. The van der Waals surface area contributed by atoms with Gasteiger partial charge in [-0.1, -0.05) is 26.0 Å². The predicted molar refractivity (Wildman–Crippen MR) is 72.5 cm³/mol. The Morgan fingerprint density at radius 1 is 1.39 bits per heavy atom. The molecule has 4 heteroatoms. The van der Waals surface area contributed by atoms with Crippen molar-refractivity contribution in [2.45, 2.75) is 20.8 Å². The van der Waals surface area contributed by atoms with Gasteiger partial charge in [-0.15, -0.1) is 0 Å². The molecule has 0 aliphatic heterocycles. The molecule has 0 atom stereocenters. The zero-order chi connectivity index (χ0) is 13.8. The summed E-state index contributed by atoms with van der Waals surface area (Å²) in [7, 11) is 0. The molecule has 18 heavy (non-hydrogen) atoms. The standard InChI is InChI=1S/C14H22N2O2/c1-4-16(10-14(2,3)9-15)13(18)11-7-5-6-8-12(11)17/h5-8,17H,4,9-10,15H2,1-3H3. The van der Waals surface area contributed by atoms with Crippen LogP contribution in [0.5, 0.6) is 5.75 Å². The second-order valence-corrected chi connectivity index (χ2v) is 5.20. The highest BCUT2D eigenvalue weighted by Crippen LogP contribution is 2.21. The van der Waals surface area contributed by atoms with Crippen molar-refractivity contribution in [1.82, 2.24) is 4.90 Å². The lowest BCUT2D eigenvalue weighted by Gasteiger charge is -2.31. The van der Waals surface area contributed by atoms with Gasteiger partial charge in [-0.25, -0.2) is 0 Å². The minimum absolute atomic E-state index is 0.0199. The third-order valence-corrected chi connectivity index (χ3v) is 2.97. The Morgan fingerprint density at radius 2 is 2.00 bits per heavy atom. The molecule has 1 aromatic carbocycles. The van der Waals surface area contributed by atoms with E-state index in [1.807, 2.05) is 20.8 Å². The summed E-state index contributed by atoms with van der Waals surface area (Å²) in [6.07, 6.45) is 0. The van der Waals surface area contributed by atoms with E-state index in [2.05, 4.69) is 0 Å². The monoisotopic (exact) mass is 250 g/mol. The summed E-state index contributed by atoms with van der Waals surface area (Å²) in [6.45, 7) is 7.65. The summed E-state index contributed by atoms with van der Waals surface area (Å²) < 4.78 is 0.